The second-order valence-corrected chi connectivity index (χ2v) is 4.00. The van der Waals surface area contributed by atoms with Gasteiger partial charge in [-0.2, -0.15) is 0 Å². The molecule has 0 aliphatic heterocycles. The van der Waals surface area contributed by atoms with Crippen LogP contribution in [0.5, 0.6) is 0 Å². The summed E-state index contributed by atoms with van der Waals surface area (Å²) < 4.78 is 0. The van der Waals surface area contributed by atoms with E-state index in [-0.39, 0.29) is 11.5 Å². The third kappa shape index (κ3) is 3.34. The van der Waals surface area contributed by atoms with Crippen molar-refractivity contribution in [2.75, 3.05) is 11.9 Å². The molecule has 2 amide bonds. The molecular weight excluding hydrogens is 272 g/mol. The minimum Gasteiger partial charge on any atom is -0.366 e. The number of alkyl halides is 1. The molecule has 0 heterocycles. The van der Waals surface area contributed by atoms with Gasteiger partial charge in [-0.05, 0) is 18.6 Å². The molecule has 0 atom stereocenters. The van der Waals surface area contributed by atoms with Gasteiger partial charge in [-0.15, -0.1) is 0 Å². The number of carbonyl (C=O) groups is 2. The van der Waals surface area contributed by atoms with Crippen molar-refractivity contribution < 1.29 is 9.59 Å². The van der Waals surface area contributed by atoms with Crippen LogP contribution in [0.15, 0.2) is 24.3 Å². The SMILES string of the molecule is NC(=O)c1ccccc1C(=O)NCCCBr. The monoisotopic (exact) mass is 284 g/mol. The number of rotatable bonds is 5. The van der Waals surface area contributed by atoms with Gasteiger partial charge in [0.2, 0.25) is 5.91 Å². The van der Waals surface area contributed by atoms with E-state index in [0.29, 0.717) is 12.1 Å². The van der Waals surface area contributed by atoms with Crippen LogP contribution in [0.4, 0.5) is 0 Å². The number of hydrogen-bond acceptors (Lipinski definition) is 2. The summed E-state index contributed by atoms with van der Waals surface area (Å²) in [7, 11) is 0. The summed E-state index contributed by atoms with van der Waals surface area (Å²) in [5.74, 6) is -0.860. The minimum absolute atomic E-state index is 0.249. The van der Waals surface area contributed by atoms with Crippen molar-refractivity contribution in [1.82, 2.24) is 5.32 Å². The maximum Gasteiger partial charge on any atom is 0.252 e. The van der Waals surface area contributed by atoms with Crippen molar-refractivity contribution in [3.05, 3.63) is 35.4 Å². The first-order valence-corrected chi connectivity index (χ1v) is 6.02. The number of nitrogens with one attached hydrogen (secondary N) is 1. The zero-order chi connectivity index (χ0) is 12.0. The number of primary amides is 1. The first kappa shape index (κ1) is 12.7. The molecule has 0 fully saturated rings. The van der Waals surface area contributed by atoms with E-state index in [1.54, 1.807) is 24.3 Å². The summed E-state index contributed by atoms with van der Waals surface area (Å²) >= 11 is 3.27. The smallest absolute Gasteiger partial charge is 0.252 e. The molecule has 0 radical (unpaired) electrons. The lowest BCUT2D eigenvalue weighted by Gasteiger charge is -2.07. The highest BCUT2D eigenvalue weighted by Crippen LogP contribution is 2.07. The molecule has 16 heavy (non-hydrogen) atoms. The van der Waals surface area contributed by atoms with Gasteiger partial charge in [0.05, 0.1) is 11.1 Å². The number of benzene rings is 1. The molecule has 0 aliphatic carbocycles. The van der Waals surface area contributed by atoms with E-state index in [1.165, 1.54) is 0 Å². The molecular formula is C11H13BrN2O2. The number of halogens is 1. The van der Waals surface area contributed by atoms with Crippen LogP contribution in [0.3, 0.4) is 0 Å². The average Bonchev–Trinajstić information content (AvgIpc) is 2.29. The standard InChI is InChI=1S/C11H13BrN2O2/c12-6-3-7-14-11(16)9-5-2-1-4-8(9)10(13)15/h1-2,4-5H,3,6-7H2,(H2,13,15)(H,14,16). The molecule has 0 spiro atoms. The van der Waals surface area contributed by atoms with Crippen molar-refractivity contribution >= 4 is 27.7 Å². The summed E-state index contributed by atoms with van der Waals surface area (Å²) in [6, 6.07) is 6.51. The van der Waals surface area contributed by atoms with Gasteiger partial charge in [-0.1, -0.05) is 28.1 Å². The van der Waals surface area contributed by atoms with Crippen LogP contribution >= 0.6 is 15.9 Å². The van der Waals surface area contributed by atoms with Crippen LogP contribution < -0.4 is 11.1 Å². The lowest BCUT2D eigenvalue weighted by molar-refractivity contribution is 0.0936. The Kier molecular flexibility index (Phi) is 4.98. The highest BCUT2D eigenvalue weighted by atomic mass is 79.9. The van der Waals surface area contributed by atoms with Crippen LogP contribution in [0, 0.1) is 0 Å². The molecule has 0 unspecified atom stereocenters. The first-order valence-electron chi connectivity index (χ1n) is 4.90. The Bertz CT molecular complexity index is 393. The Labute approximate surface area is 102 Å². The third-order valence-electron chi connectivity index (χ3n) is 2.03. The predicted molar refractivity (Wildman–Crippen MR) is 65.7 cm³/mol. The molecule has 1 aromatic carbocycles. The minimum atomic E-state index is -0.591. The van der Waals surface area contributed by atoms with Gasteiger partial charge in [-0.25, -0.2) is 0 Å². The predicted octanol–water partition coefficient (Wildman–Crippen LogP) is 1.30. The molecule has 4 nitrogen and oxygen atoms in total. The first-order chi connectivity index (χ1) is 7.66. The Hall–Kier alpha value is -1.36. The summed E-state index contributed by atoms with van der Waals surface area (Å²) in [5, 5.41) is 3.54. The molecule has 0 aromatic heterocycles. The van der Waals surface area contributed by atoms with Gasteiger partial charge in [0, 0.05) is 11.9 Å². The quantitative estimate of drug-likeness (QED) is 0.632. The van der Waals surface area contributed by atoms with Crippen molar-refractivity contribution in [1.29, 1.82) is 0 Å². The Morgan fingerprint density at radius 1 is 1.25 bits per heavy atom. The van der Waals surface area contributed by atoms with Crippen LogP contribution in [0.1, 0.15) is 27.1 Å². The number of carbonyl (C=O) groups excluding carboxylic acids is 2. The van der Waals surface area contributed by atoms with Crippen LogP contribution in [-0.2, 0) is 0 Å². The molecule has 0 saturated heterocycles. The summed E-state index contributed by atoms with van der Waals surface area (Å²) in [6.45, 7) is 0.567. The van der Waals surface area contributed by atoms with Gasteiger partial charge in [0.25, 0.3) is 5.91 Å². The van der Waals surface area contributed by atoms with Crippen molar-refractivity contribution in [3.63, 3.8) is 0 Å². The molecule has 0 aliphatic rings. The van der Waals surface area contributed by atoms with E-state index in [4.69, 9.17) is 5.73 Å². The second-order valence-electron chi connectivity index (χ2n) is 3.21. The van der Waals surface area contributed by atoms with E-state index in [1.807, 2.05) is 0 Å². The zero-order valence-corrected chi connectivity index (χ0v) is 10.3. The van der Waals surface area contributed by atoms with Gasteiger partial charge < -0.3 is 11.1 Å². The van der Waals surface area contributed by atoms with Crippen molar-refractivity contribution in [2.45, 2.75) is 6.42 Å². The van der Waals surface area contributed by atoms with Crippen molar-refractivity contribution in [2.24, 2.45) is 5.73 Å². The van der Waals surface area contributed by atoms with E-state index >= 15 is 0 Å². The number of nitrogens with two attached hydrogens (primary N) is 1. The van der Waals surface area contributed by atoms with Gasteiger partial charge in [0.1, 0.15) is 0 Å². The lowest BCUT2D eigenvalue weighted by Crippen LogP contribution is -2.27. The van der Waals surface area contributed by atoms with Crippen LogP contribution in [0.2, 0.25) is 0 Å². The van der Waals surface area contributed by atoms with Crippen LogP contribution in [0.25, 0.3) is 0 Å². The highest BCUT2D eigenvalue weighted by Gasteiger charge is 2.13. The average molecular weight is 285 g/mol. The zero-order valence-electron chi connectivity index (χ0n) is 8.70. The fourth-order valence-electron chi connectivity index (χ4n) is 1.26. The molecule has 3 N–H and O–H groups in total. The fourth-order valence-corrected chi connectivity index (χ4v) is 1.54. The highest BCUT2D eigenvalue weighted by molar-refractivity contribution is 9.09. The second kappa shape index (κ2) is 6.27. The Morgan fingerprint density at radius 3 is 2.44 bits per heavy atom. The number of amides is 2. The largest absolute Gasteiger partial charge is 0.366 e. The third-order valence-corrected chi connectivity index (χ3v) is 2.59. The van der Waals surface area contributed by atoms with Gasteiger partial charge in [-0.3, -0.25) is 9.59 Å². The topological polar surface area (TPSA) is 72.2 Å². The summed E-state index contributed by atoms with van der Waals surface area (Å²) in [4.78, 5) is 22.8. The molecule has 0 saturated carbocycles. The summed E-state index contributed by atoms with van der Waals surface area (Å²) in [5.41, 5.74) is 5.75. The van der Waals surface area contributed by atoms with Gasteiger partial charge in [0.15, 0.2) is 0 Å². The normalized spacial score (nSPS) is 9.81. The molecule has 0 bridgehead atoms. The molecule has 5 heteroatoms. The lowest BCUT2D eigenvalue weighted by atomic mass is 10.1. The van der Waals surface area contributed by atoms with Crippen LogP contribution in [-0.4, -0.2) is 23.7 Å². The molecule has 86 valence electrons. The molecule has 1 rings (SSSR count). The van der Waals surface area contributed by atoms with Gasteiger partial charge >= 0.3 is 0 Å². The van der Waals surface area contributed by atoms with E-state index in [9.17, 15) is 9.59 Å². The van der Waals surface area contributed by atoms with E-state index in [2.05, 4.69) is 21.2 Å². The van der Waals surface area contributed by atoms with Crippen molar-refractivity contribution in [3.8, 4) is 0 Å². The Morgan fingerprint density at radius 2 is 1.88 bits per heavy atom. The number of hydrogen-bond donors (Lipinski definition) is 2. The van der Waals surface area contributed by atoms with E-state index < -0.39 is 5.91 Å². The van der Waals surface area contributed by atoms with E-state index in [0.717, 1.165) is 11.8 Å². The summed E-state index contributed by atoms with van der Waals surface area (Å²) in [6.07, 6.45) is 0.838. The maximum atomic E-state index is 11.7. The molecule has 1 aromatic rings. The maximum absolute atomic E-state index is 11.7. The fraction of sp³-hybridized carbons (Fsp3) is 0.273. The Balaban J connectivity index is 2.78.